The minimum atomic E-state index is -3.13. The highest BCUT2D eigenvalue weighted by molar-refractivity contribution is 7.91. The molecule has 0 saturated carbocycles. The van der Waals surface area contributed by atoms with Gasteiger partial charge in [-0.3, -0.25) is 0 Å². The minimum absolute atomic E-state index is 0.0177. The van der Waals surface area contributed by atoms with E-state index in [1.807, 2.05) is 6.92 Å². The largest absolute Gasteiger partial charge is 0.480 e. The van der Waals surface area contributed by atoms with Crippen molar-refractivity contribution in [1.29, 1.82) is 0 Å². The molecule has 0 rings (SSSR count). The van der Waals surface area contributed by atoms with Crippen LogP contribution in [0.5, 0.6) is 0 Å². The molecule has 8 heteroatoms. The summed E-state index contributed by atoms with van der Waals surface area (Å²) in [5, 5.41) is 13.4. The number of carboxylic acids is 1. The number of amides is 2. The van der Waals surface area contributed by atoms with E-state index in [0.29, 0.717) is 12.8 Å². The van der Waals surface area contributed by atoms with E-state index in [9.17, 15) is 18.0 Å². The van der Waals surface area contributed by atoms with Crippen molar-refractivity contribution in [3.8, 4) is 0 Å². The number of nitrogens with one attached hydrogen (secondary N) is 2. The third-order valence-corrected chi connectivity index (χ3v) is 4.03. The Morgan fingerprint density at radius 2 is 1.89 bits per heavy atom. The zero-order valence-corrected chi connectivity index (χ0v) is 11.4. The zero-order chi connectivity index (χ0) is 14.2. The standard InChI is InChI=1S/C10H20N2O5S/c1-3-5-8(9(13)14)12-10(15)11-6-7-18(16,17)4-2/h8H,3-7H2,1-2H3,(H,13,14)(H2,11,12,15). The van der Waals surface area contributed by atoms with Crippen molar-refractivity contribution in [1.82, 2.24) is 10.6 Å². The topological polar surface area (TPSA) is 113 Å². The van der Waals surface area contributed by atoms with Crippen molar-refractivity contribution in [3.05, 3.63) is 0 Å². The van der Waals surface area contributed by atoms with E-state index in [4.69, 9.17) is 5.11 Å². The Hall–Kier alpha value is -1.31. The molecule has 1 unspecified atom stereocenters. The van der Waals surface area contributed by atoms with Crippen molar-refractivity contribution in [2.75, 3.05) is 18.1 Å². The van der Waals surface area contributed by atoms with Crippen LogP contribution >= 0.6 is 0 Å². The number of urea groups is 1. The molecular formula is C10H20N2O5S. The maximum atomic E-state index is 11.3. The second-order valence-corrected chi connectivity index (χ2v) is 6.29. The van der Waals surface area contributed by atoms with Gasteiger partial charge in [0.1, 0.15) is 6.04 Å². The fourth-order valence-corrected chi connectivity index (χ4v) is 1.92. The zero-order valence-electron chi connectivity index (χ0n) is 10.6. The van der Waals surface area contributed by atoms with E-state index in [1.54, 1.807) is 0 Å². The molecule has 0 aromatic carbocycles. The number of carbonyl (C=O) groups is 2. The highest BCUT2D eigenvalue weighted by Gasteiger charge is 2.18. The number of rotatable bonds is 8. The number of carboxylic acid groups (broad SMARTS) is 1. The van der Waals surface area contributed by atoms with Crippen LogP contribution in [-0.2, 0) is 14.6 Å². The summed E-state index contributed by atoms with van der Waals surface area (Å²) in [4.78, 5) is 22.1. The van der Waals surface area contributed by atoms with Gasteiger partial charge in [0, 0.05) is 12.3 Å². The monoisotopic (exact) mass is 280 g/mol. The van der Waals surface area contributed by atoms with Gasteiger partial charge in [-0.05, 0) is 6.42 Å². The Kier molecular flexibility index (Phi) is 7.33. The molecule has 0 heterocycles. The Balaban J connectivity index is 4.07. The lowest BCUT2D eigenvalue weighted by atomic mass is 10.2. The van der Waals surface area contributed by atoms with E-state index in [-0.39, 0.29) is 18.1 Å². The van der Waals surface area contributed by atoms with Gasteiger partial charge in [-0.1, -0.05) is 20.3 Å². The summed E-state index contributed by atoms with van der Waals surface area (Å²) < 4.78 is 22.3. The Bertz CT molecular complexity index is 380. The van der Waals surface area contributed by atoms with Crippen LogP contribution in [0, 0.1) is 0 Å². The van der Waals surface area contributed by atoms with Crippen LogP contribution in [0.1, 0.15) is 26.7 Å². The van der Waals surface area contributed by atoms with E-state index >= 15 is 0 Å². The predicted molar refractivity (Wildman–Crippen MR) is 67.2 cm³/mol. The molecule has 0 radical (unpaired) electrons. The average Bonchev–Trinajstić information content (AvgIpc) is 2.28. The maximum absolute atomic E-state index is 11.3. The lowest BCUT2D eigenvalue weighted by Crippen LogP contribution is -2.46. The fourth-order valence-electron chi connectivity index (χ4n) is 1.22. The molecule has 0 spiro atoms. The Labute approximate surface area is 107 Å². The minimum Gasteiger partial charge on any atom is -0.480 e. The molecule has 0 bridgehead atoms. The van der Waals surface area contributed by atoms with Crippen molar-refractivity contribution in [2.24, 2.45) is 0 Å². The van der Waals surface area contributed by atoms with Gasteiger partial charge in [-0.2, -0.15) is 0 Å². The number of aliphatic carboxylic acids is 1. The molecule has 1 atom stereocenters. The molecule has 18 heavy (non-hydrogen) atoms. The van der Waals surface area contributed by atoms with Crippen LogP contribution in [0.4, 0.5) is 4.79 Å². The van der Waals surface area contributed by atoms with Gasteiger partial charge in [0.15, 0.2) is 9.84 Å². The fraction of sp³-hybridized carbons (Fsp3) is 0.800. The van der Waals surface area contributed by atoms with Gasteiger partial charge in [0.05, 0.1) is 5.75 Å². The van der Waals surface area contributed by atoms with E-state index in [0.717, 1.165) is 0 Å². The molecule has 7 nitrogen and oxygen atoms in total. The Morgan fingerprint density at radius 1 is 1.28 bits per heavy atom. The van der Waals surface area contributed by atoms with Gasteiger partial charge in [0.25, 0.3) is 0 Å². The van der Waals surface area contributed by atoms with Crippen LogP contribution in [0.2, 0.25) is 0 Å². The predicted octanol–water partition coefficient (Wildman–Crippen LogP) is -0.0264. The molecule has 106 valence electrons. The lowest BCUT2D eigenvalue weighted by Gasteiger charge is -2.14. The van der Waals surface area contributed by atoms with Gasteiger partial charge in [0.2, 0.25) is 0 Å². The van der Waals surface area contributed by atoms with E-state index in [2.05, 4.69) is 10.6 Å². The van der Waals surface area contributed by atoms with Crippen LogP contribution < -0.4 is 10.6 Å². The maximum Gasteiger partial charge on any atom is 0.326 e. The van der Waals surface area contributed by atoms with Crippen molar-refractivity contribution in [3.63, 3.8) is 0 Å². The van der Waals surface area contributed by atoms with Gasteiger partial charge >= 0.3 is 12.0 Å². The summed E-state index contributed by atoms with van der Waals surface area (Å²) in [5.41, 5.74) is 0. The van der Waals surface area contributed by atoms with Crippen molar-refractivity contribution >= 4 is 21.8 Å². The third-order valence-electron chi connectivity index (χ3n) is 2.32. The molecule has 0 saturated heterocycles. The third kappa shape index (κ3) is 7.10. The molecule has 0 fully saturated rings. The number of hydrogen-bond acceptors (Lipinski definition) is 4. The van der Waals surface area contributed by atoms with Gasteiger partial charge < -0.3 is 15.7 Å². The van der Waals surface area contributed by atoms with Crippen molar-refractivity contribution < 1.29 is 23.1 Å². The quantitative estimate of drug-likeness (QED) is 0.578. The second-order valence-electron chi connectivity index (χ2n) is 3.82. The first kappa shape index (κ1) is 16.7. The van der Waals surface area contributed by atoms with Crippen LogP contribution in [0.25, 0.3) is 0 Å². The van der Waals surface area contributed by atoms with Gasteiger partial charge in [-0.15, -0.1) is 0 Å². The van der Waals surface area contributed by atoms with Crippen LogP contribution in [-0.4, -0.2) is 49.6 Å². The molecule has 0 aliphatic rings. The molecule has 0 aromatic heterocycles. The van der Waals surface area contributed by atoms with Gasteiger partial charge in [-0.25, -0.2) is 18.0 Å². The highest BCUT2D eigenvalue weighted by Crippen LogP contribution is 1.96. The van der Waals surface area contributed by atoms with Crippen LogP contribution in [0.3, 0.4) is 0 Å². The van der Waals surface area contributed by atoms with Crippen molar-refractivity contribution in [2.45, 2.75) is 32.7 Å². The molecular weight excluding hydrogens is 260 g/mol. The van der Waals surface area contributed by atoms with E-state index < -0.39 is 27.9 Å². The SMILES string of the molecule is CCCC(NC(=O)NCCS(=O)(=O)CC)C(=O)O. The number of hydrogen-bond donors (Lipinski definition) is 3. The molecule has 3 N–H and O–H groups in total. The molecule has 2 amide bonds. The average molecular weight is 280 g/mol. The summed E-state index contributed by atoms with van der Waals surface area (Å²) in [6.07, 6.45) is 0.956. The summed E-state index contributed by atoms with van der Waals surface area (Å²) in [7, 11) is -3.13. The summed E-state index contributed by atoms with van der Waals surface area (Å²) >= 11 is 0. The van der Waals surface area contributed by atoms with Crippen LogP contribution in [0.15, 0.2) is 0 Å². The second kappa shape index (κ2) is 7.91. The summed E-state index contributed by atoms with van der Waals surface area (Å²) in [6.45, 7) is 3.31. The first-order chi connectivity index (χ1) is 8.32. The first-order valence-electron chi connectivity index (χ1n) is 5.80. The smallest absolute Gasteiger partial charge is 0.326 e. The van der Waals surface area contributed by atoms with E-state index in [1.165, 1.54) is 6.92 Å². The first-order valence-corrected chi connectivity index (χ1v) is 7.62. The summed E-state index contributed by atoms with van der Waals surface area (Å²) in [5.74, 6) is -1.24. The Morgan fingerprint density at radius 3 is 2.33 bits per heavy atom. The molecule has 0 aromatic rings. The highest BCUT2D eigenvalue weighted by atomic mass is 32.2. The lowest BCUT2D eigenvalue weighted by molar-refractivity contribution is -0.139. The molecule has 0 aliphatic heterocycles. The normalized spacial score (nSPS) is 12.8. The number of sulfone groups is 1. The number of carbonyl (C=O) groups excluding carboxylic acids is 1. The summed E-state index contributed by atoms with van der Waals surface area (Å²) in [6, 6.07) is -1.61. The molecule has 0 aliphatic carbocycles.